The van der Waals surface area contributed by atoms with Gasteiger partial charge in [0.15, 0.2) is 0 Å². The summed E-state index contributed by atoms with van der Waals surface area (Å²) in [6, 6.07) is 6.52. The van der Waals surface area contributed by atoms with Crippen LogP contribution in [0, 0.1) is 19.7 Å². The van der Waals surface area contributed by atoms with E-state index in [4.69, 9.17) is 11.6 Å². The summed E-state index contributed by atoms with van der Waals surface area (Å²) in [7, 11) is 0. The molecule has 0 bridgehead atoms. The number of nitrogens with one attached hydrogen (secondary N) is 1. The van der Waals surface area contributed by atoms with Gasteiger partial charge in [0.1, 0.15) is 22.6 Å². The van der Waals surface area contributed by atoms with Gasteiger partial charge >= 0.3 is 0 Å². The van der Waals surface area contributed by atoms with Crippen molar-refractivity contribution in [2.45, 2.75) is 20.3 Å². The molecule has 1 heterocycles. The molecule has 0 fully saturated rings. The van der Waals surface area contributed by atoms with Crippen LogP contribution < -0.4 is 5.32 Å². The maximum absolute atomic E-state index is 13.0. The van der Waals surface area contributed by atoms with Crippen molar-refractivity contribution in [3.8, 4) is 0 Å². The van der Waals surface area contributed by atoms with Crippen molar-refractivity contribution < 1.29 is 4.39 Å². The fourth-order valence-electron chi connectivity index (χ4n) is 1.89. The van der Waals surface area contributed by atoms with Gasteiger partial charge in [-0.1, -0.05) is 17.7 Å². The van der Waals surface area contributed by atoms with E-state index in [1.165, 1.54) is 6.07 Å². The van der Waals surface area contributed by atoms with Gasteiger partial charge in [-0.25, -0.2) is 14.4 Å². The first-order valence-corrected chi connectivity index (χ1v) is 6.42. The van der Waals surface area contributed by atoms with E-state index < -0.39 is 0 Å². The molecular weight excluding hydrogens is 265 g/mol. The molecule has 0 unspecified atom stereocenters. The summed E-state index contributed by atoms with van der Waals surface area (Å²) in [5.74, 6) is 1.14. The summed E-state index contributed by atoms with van der Waals surface area (Å²) in [6.07, 6.45) is 0.798. The number of anilines is 1. The summed E-state index contributed by atoms with van der Waals surface area (Å²) in [5.41, 5.74) is 2.07. The van der Waals surface area contributed by atoms with Crippen LogP contribution in [-0.2, 0) is 6.42 Å². The molecule has 0 aliphatic heterocycles. The average Bonchev–Trinajstić information content (AvgIpc) is 2.30. The minimum Gasteiger partial charge on any atom is -0.370 e. The molecule has 0 radical (unpaired) electrons. The number of halogens is 2. The van der Waals surface area contributed by atoms with E-state index in [1.807, 2.05) is 13.0 Å². The van der Waals surface area contributed by atoms with Crippen molar-refractivity contribution in [1.82, 2.24) is 9.97 Å². The Bertz CT molecular complexity index is 567. The highest BCUT2D eigenvalue weighted by atomic mass is 35.5. The first kappa shape index (κ1) is 13.7. The zero-order valence-corrected chi connectivity index (χ0v) is 11.6. The Morgan fingerprint density at radius 3 is 2.68 bits per heavy atom. The molecule has 1 N–H and O–H groups in total. The van der Waals surface area contributed by atoms with Crippen LogP contribution in [-0.4, -0.2) is 16.5 Å². The fourth-order valence-corrected chi connectivity index (χ4v) is 2.11. The molecule has 0 atom stereocenters. The fraction of sp³-hybridized carbons (Fsp3) is 0.286. The highest BCUT2D eigenvalue weighted by Gasteiger charge is 2.02. The quantitative estimate of drug-likeness (QED) is 0.870. The minimum absolute atomic E-state index is 0.201. The molecule has 1 aromatic carbocycles. The molecule has 2 aromatic rings. The summed E-state index contributed by atoms with van der Waals surface area (Å²) < 4.78 is 13.0. The Kier molecular flexibility index (Phi) is 4.32. The average molecular weight is 280 g/mol. The van der Waals surface area contributed by atoms with Gasteiger partial charge in [-0.15, -0.1) is 0 Å². The lowest BCUT2D eigenvalue weighted by molar-refractivity contribution is 0.625. The van der Waals surface area contributed by atoms with E-state index in [0.29, 0.717) is 23.3 Å². The lowest BCUT2D eigenvalue weighted by Crippen LogP contribution is -2.08. The molecule has 0 aliphatic carbocycles. The van der Waals surface area contributed by atoms with Crippen molar-refractivity contribution in [3.05, 3.63) is 52.2 Å². The number of aromatic nitrogens is 2. The summed E-state index contributed by atoms with van der Waals surface area (Å²) in [5, 5.41) is 3.61. The number of benzene rings is 1. The molecule has 1 aromatic heterocycles. The molecule has 19 heavy (non-hydrogen) atoms. The molecule has 0 saturated heterocycles. The Labute approximate surface area is 116 Å². The predicted octanol–water partition coefficient (Wildman–Crippen LogP) is 3.54. The van der Waals surface area contributed by atoms with Crippen molar-refractivity contribution in [3.63, 3.8) is 0 Å². The van der Waals surface area contributed by atoms with E-state index in [0.717, 1.165) is 17.5 Å². The third-order valence-corrected chi connectivity index (χ3v) is 3.01. The topological polar surface area (TPSA) is 37.8 Å². The van der Waals surface area contributed by atoms with Crippen LogP contribution in [0.3, 0.4) is 0 Å². The SMILES string of the molecule is Cc1nc(Cl)cc(NCCc2ccc(F)cc2C)n1. The van der Waals surface area contributed by atoms with Crippen molar-refractivity contribution >= 4 is 17.4 Å². The van der Waals surface area contributed by atoms with Gasteiger partial charge in [0.25, 0.3) is 0 Å². The van der Waals surface area contributed by atoms with Gasteiger partial charge < -0.3 is 5.32 Å². The summed E-state index contributed by atoms with van der Waals surface area (Å²) in [6.45, 7) is 4.41. The zero-order valence-electron chi connectivity index (χ0n) is 10.9. The third kappa shape index (κ3) is 3.89. The number of hydrogen-bond acceptors (Lipinski definition) is 3. The lowest BCUT2D eigenvalue weighted by Gasteiger charge is -2.08. The first-order valence-electron chi connectivity index (χ1n) is 6.04. The highest BCUT2D eigenvalue weighted by molar-refractivity contribution is 6.29. The van der Waals surface area contributed by atoms with Crippen LogP contribution in [0.1, 0.15) is 17.0 Å². The number of hydrogen-bond donors (Lipinski definition) is 1. The van der Waals surface area contributed by atoms with Gasteiger partial charge in [0, 0.05) is 12.6 Å². The van der Waals surface area contributed by atoms with Crippen molar-refractivity contribution in [2.75, 3.05) is 11.9 Å². The van der Waals surface area contributed by atoms with Crippen LogP contribution >= 0.6 is 11.6 Å². The maximum Gasteiger partial charge on any atom is 0.134 e. The summed E-state index contributed by atoms with van der Waals surface area (Å²) in [4.78, 5) is 8.23. The minimum atomic E-state index is -0.201. The van der Waals surface area contributed by atoms with Gasteiger partial charge in [0.05, 0.1) is 0 Å². The third-order valence-electron chi connectivity index (χ3n) is 2.81. The lowest BCUT2D eigenvalue weighted by atomic mass is 10.1. The first-order chi connectivity index (χ1) is 9.04. The largest absolute Gasteiger partial charge is 0.370 e. The molecule has 0 spiro atoms. The van der Waals surface area contributed by atoms with Crippen molar-refractivity contribution in [1.29, 1.82) is 0 Å². The van der Waals surface area contributed by atoms with Crippen LogP contribution in [0.2, 0.25) is 5.15 Å². The highest BCUT2D eigenvalue weighted by Crippen LogP contribution is 2.13. The molecule has 5 heteroatoms. The second kappa shape index (κ2) is 5.97. The second-order valence-corrected chi connectivity index (χ2v) is 4.76. The molecule has 0 saturated carbocycles. The molecule has 2 rings (SSSR count). The predicted molar refractivity (Wildman–Crippen MR) is 75.1 cm³/mol. The molecule has 0 aliphatic rings. The van der Waals surface area contributed by atoms with E-state index in [-0.39, 0.29) is 5.82 Å². The smallest absolute Gasteiger partial charge is 0.134 e. The van der Waals surface area contributed by atoms with E-state index in [9.17, 15) is 4.39 Å². The van der Waals surface area contributed by atoms with Gasteiger partial charge in [0.2, 0.25) is 0 Å². The Hall–Kier alpha value is -1.68. The van der Waals surface area contributed by atoms with Crippen molar-refractivity contribution in [2.24, 2.45) is 0 Å². The normalized spacial score (nSPS) is 10.5. The van der Waals surface area contributed by atoms with E-state index in [1.54, 1.807) is 19.1 Å². The van der Waals surface area contributed by atoms with Crippen LogP contribution in [0.4, 0.5) is 10.2 Å². The molecule has 3 nitrogen and oxygen atoms in total. The van der Waals surface area contributed by atoms with Gasteiger partial charge in [-0.3, -0.25) is 0 Å². The van der Waals surface area contributed by atoms with E-state index >= 15 is 0 Å². The van der Waals surface area contributed by atoms with E-state index in [2.05, 4.69) is 15.3 Å². The Morgan fingerprint density at radius 1 is 1.21 bits per heavy atom. The van der Waals surface area contributed by atoms with Gasteiger partial charge in [-0.05, 0) is 43.5 Å². The number of nitrogens with zero attached hydrogens (tertiary/aromatic N) is 2. The van der Waals surface area contributed by atoms with Crippen LogP contribution in [0.15, 0.2) is 24.3 Å². The zero-order chi connectivity index (χ0) is 13.8. The van der Waals surface area contributed by atoms with Crippen LogP contribution in [0.25, 0.3) is 0 Å². The standard InChI is InChI=1S/C14H15ClFN3/c1-9-7-12(16)4-3-11(9)5-6-17-14-8-13(15)18-10(2)19-14/h3-4,7-8H,5-6H2,1-2H3,(H,17,18,19). The maximum atomic E-state index is 13.0. The monoisotopic (exact) mass is 279 g/mol. The second-order valence-electron chi connectivity index (χ2n) is 4.37. The molecule has 0 amide bonds. The number of aryl methyl sites for hydroxylation is 2. The van der Waals surface area contributed by atoms with Crippen LogP contribution in [0.5, 0.6) is 0 Å². The number of rotatable bonds is 4. The Balaban J connectivity index is 1.96. The van der Waals surface area contributed by atoms with Gasteiger partial charge in [-0.2, -0.15) is 0 Å². The molecular formula is C14H15ClFN3. The Morgan fingerprint density at radius 2 is 2.00 bits per heavy atom. The molecule has 100 valence electrons. The summed E-state index contributed by atoms with van der Waals surface area (Å²) >= 11 is 5.86.